The molecule has 29 heavy (non-hydrogen) atoms. The largest absolute Gasteiger partial charge is 0.477 e. The van der Waals surface area contributed by atoms with E-state index >= 15 is 0 Å². The maximum absolute atomic E-state index is 12.7. The van der Waals surface area contributed by atoms with Crippen molar-refractivity contribution in [2.45, 2.75) is 45.4 Å². The lowest BCUT2D eigenvalue weighted by Gasteiger charge is -2.21. The molecule has 156 valence electrons. The van der Waals surface area contributed by atoms with Crippen molar-refractivity contribution in [2.24, 2.45) is 16.6 Å². The highest BCUT2D eigenvalue weighted by Crippen LogP contribution is 2.38. The van der Waals surface area contributed by atoms with Gasteiger partial charge in [0.05, 0.1) is 6.61 Å². The standard InChI is InChI=1S/C20H26N4O4S/c1-12-10-22-19(28-11-12)17(9-21)29(26,27)24-20(25)23-18-15-6-2-4-13(15)8-14-5-3-7-16(14)18/h8-9,12H,2-7,10-11,21H2,1H3,(H2,23,24,25). The molecule has 4 N–H and O–H groups in total. The Morgan fingerprint density at radius 2 is 1.86 bits per heavy atom. The Labute approximate surface area is 170 Å². The van der Waals surface area contributed by atoms with E-state index in [0.717, 1.165) is 61.5 Å². The number of hydrogen-bond acceptors (Lipinski definition) is 6. The van der Waals surface area contributed by atoms with E-state index in [1.807, 2.05) is 6.92 Å². The van der Waals surface area contributed by atoms with Crippen LogP contribution in [0.5, 0.6) is 0 Å². The topological polar surface area (TPSA) is 123 Å². The highest BCUT2D eigenvalue weighted by molar-refractivity contribution is 7.94. The van der Waals surface area contributed by atoms with Gasteiger partial charge in [-0.25, -0.2) is 17.9 Å². The van der Waals surface area contributed by atoms with Crippen molar-refractivity contribution in [2.75, 3.05) is 18.5 Å². The number of carbonyl (C=O) groups excluding carboxylic acids is 1. The van der Waals surface area contributed by atoms with Crippen LogP contribution in [-0.4, -0.2) is 33.5 Å². The minimum absolute atomic E-state index is 0.0626. The minimum atomic E-state index is -4.22. The van der Waals surface area contributed by atoms with Crippen LogP contribution < -0.4 is 15.8 Å². The second-order valence-electron chi connectivity index (χ2n) is 7.89. The molecular weight excluding hydrogens is 392 g/mol. The highest BCUT2D eigenvalue weighted by Gasteiger charge is 2.30. The molecule has 0 bridgehead atoms. The lowest BCUT2D eigenvalue weighted by Crippen LogP contribution is -2.38. The minimum Gasteiger partial charge on any atom is -0.477 e. The molecule has 2 aliphatic carbocycles. The molecule has 0 spiro atoms. The maximum atomic E-state index is 12.7. The maximum Gasteiger partial charge on any atom is 0.333 e. The smallest absolute Gasteiger partial charge is 0.333 e. The van der Waals surface area contributed by atoms with Gasteiger partial charge in [0.2, 0.25) is 5.90 Å². The summed E-state index contributed by atoms with van der Waals surface area (Å²) >= 11 is 0. The summed E-state index contributed by atoms with van der Waals surface area (Å²) in [5.41, 5.74) is 11.1. The van der Waals surface area contributed by atoms with Crippen molar-refractivity contribution in [3.05, 3.63) is 39.4 Å². The van der Waals surface area contributed by atoms with E-state index < -0.39 is 16.1 Å². The number of benzene rings is 1. The fourth-order valence-electron chi connectivity index (χ4n) is 4.27. The van der Waals surface area contributed by atoms with Gasteiger partial charge in [0.25, 0.3) is 10.0 Å². The molecule has 9 heteroatoms. The SMILES string of the molecule is CC1CN=C(C(=CN)S(=O)(=O)NC(=O)Nc2c3c(cc4c2CCC4)CCC3)OC1. The number of nitrogens with zero attached hydrogens (tertiary/aromatic N) is 1. The van der Waals surface area contributed by atoms with Crippen molar-refractivity contribution < 1.29 is 17.9 Å². The first-order valence-corrected chi connectivity index (χ1v) is 11.5. The van der Waals surface area contributed by atoms with Crippen molar-refractivity contribution in [3.63, 3.8) is 0 Å². The molecule has 1 aliphatic heterocycles. The monoisotopic (exact) mass is 418 g/mol. The average molecular weight is 419 g/mol. The van der Waals surface area contributed by atoms with Crippen molar-refractivity contribution in [3.8, 4) is 0 Å². The first kappa shape index (κ1) is 19.8. The van der Waals surface area contributed by atoms with E-state index in [1.165, 1.54) is 11.1 Å². The molecule has 3 aliphatic rings. The van der Waals surface area contributed by atoms with E-state index in [9.17, 15) is 13.2 Å². The number of carbonyl (C=O) groups is 1. The second kappa shape index (κ2) is 7.70. The number of urea groups is 1. The summed E-state index contributed by atoms with van der Waals surface area (Å²) in [7, 11) is -4.22. The molecule has 0 saturated heterocycles. The number of ether oxygens (including phenoxy) is 1. The quantitative estimate of drug-likeness (QED) is 0.690. The van der Waals surface area contributed by atoms with Crippen LogP contribution in [0.2, 0.25) is 0 Å². The van der Waals surface area contributed by atoms with Crippen LogP contribution in [0.3, 0.4) is 0 Å². The van der Waals surface area contributed by atoms with Gasteiger partial charge in [0, 0.05) is 24.4 Å². The van der Waals surface area contributed by atoms with Crippen LogP contribution >= 0.6 is 0 Å². The van der Waals surface area contributed by atoms with Crippen molar-refractivity contribution >= 4 is 27.6 Å². The van der Waals surface area contributed by atoms with Gasteiger partial charge in [0.1, 0.15) is 0 Å². The Morgan fingerprint density at radius 3 is 2.41 bits per heavy atom. The average Bonchev–Trinajstić information content (AvgIpc) is 3.32. The Balaban J connectivity index is 1.55. The molecular formula is C20H26N4O4S. The van der Waals surface area contributed by atoms with Crippen molar-refractivity contribution in [1.82, 2.24) is 4.72 Å². The molecule has 4 rings (SSSR count). The molecule has 0 fully saturated rings. The van der Waals surface area contributed by atoms with Gasteiger partial charge in [-0.05, 0) is 60.8 Å². The molecule has 8 nitrogen and oxygen atoms in total. The second-order valence-corrected chi connectivity index (χ2v) is 9.54. The molecule has 0 saturated carbocycles. The zero-order valence-electron chi connectivity index (χ0n) is 16.5. The predicted octanol–water partition coefficient (Wildman–Crippen LogP) is 1.98. The van der Waals surface area contributed by atoms with E-state index in [-0.39, 0.29) is 16.7 Å². The lowest BCUT2D eigenvalue weighted by molar-refractivity contribution is 0.233. The number of nitrogens with two attached hydrogens (primary N) is 1. The number of sulfonamides is 1. The predicted molar refractivity (Wildman–Crippen MR) is 111 cm³/mol. The summed E-state index contributed by atoms with van der Waals surface area (Å²) < 4.78 is 32.9. The zero-order valence-corrected chi connectivity index (χ0v) is 17.3. The highest BCUT2D eigenvalue weighted by atomic mass is 32.2. The van der Waals surface area contributed by atoms with E-state index in [2.05, 4.69) is 21.1 Å². The Bertz CT molecular complexity index is 982. The third-order valence-electron chi connectivity index (χ3n) is 5.64. The fraction of sp³-hybridized carbons (Fsp3) is 0.500. The summed E-state index contributed by atoms with van der Waals surface area (Å²) in [6.07, 6.45) is 6.76. The summed E-state index contributed by atoms with van der Waals surface area (Å²) in [6.45, 7) is 2.74. The summed E-state index contributed by atoms with van der Waals surface area (Å²) in [5.74, 6) is 0.131. The molecule has 1 heterocycles. The summed E-state index contributed by atoms with van der Waals surface area (Å²) in [6, 6.07) is 1.45. The first-order valence-electron chi connectivity index (χ1n) is 9.99. The number of aliphatic imine (C=N–C) groups is 1. The number of hydrogen-bond donors (Lipinski definition) is 3. The number of amides is 2. The molecule has 1 aromatic carbocycles. The van der Waals surface area contributed by atoms with E-state index in [4.69, 9.17) is 10.5 Å². The summed E-state index contributed by atoms with van der Waals surface area (Å²) in [4.78, 5) is 16.4. The molecule has 1 aromatic rings. The van der Waals surface area contributed by atoms with E-state index in [0.29, 0.717) is 13.2 Å². The van der Waals surface area contributed by atoms with Gasteiger partial charge in [-0.15, -0.1) is 0 Å². The molecule has 0 aromatic heterocycles. The van der Waals surface area contributed by atoms with E-state index in [1.54, 1.807) is 0 Å². The normalized spacial score (nSPS) is 21.1. The number of fused-ring (bicyclic) bond motifs is 2. The van der Waals surface area contributed by atoms with Gasteiger partial charge in [0.15, 0.2) is 4.91 Å². The Hall–Kier alpha value is -2.55. The van der Waals surface area contributed by atoms with Gasteiger partial charge in [-0.1, -0.05) is 13.0 Å². The Kier molecular flexibility index (Phi) is 5.24. The Morgan fingerprint density at radius 1 is 1.21 bits per heavy atom. The third kappa shape index (κ3) is 3.83. The van der Waals surface area contributed by atoms with Crippen LogP contribution in [0.25, 0.3) is 0 Å². The number of nitrogens with one attached hydrogen (secondary N) is 2. The number of rotatable bonds is 4. The molecule has 1 atom stereocenters. The van der Waals surface area contributed by atoms with Gasteiger partial charge >= 0.3 is 6.03 Å². The van der Waals surface area contributed by atoms with Crippen LogP contribution in [-0.2, 0) is 40.4 Å². The van der Waals surface area contributed by atoms with Crippen LogP contribution in [0, 0.1) is 5.92 Å². The summed E-state index contributed by atoms with van der Waals surface area (Å²) in [5, 5.41) is 2.81. The van der Waals surface area contributed by atoms with Gasteiger partial charge < -0.3 is 15.8 Å². The van der Waals surface area contributed by atoms with Crippen LogP contribution in [0.15, 0.2) is 22.2 Å². The fourth-order valence-corrected chi connectivity index (χ4v) is 5.20. The van der Waals surface area contributed by atoms with Gasteiger partial charge in [-0.3, -0.25) is 4.99 Å². The van der Waals surface area contributed by atoms with Crippen molar-refractivity contribution in [1.29, 1.82) is 0 Å². The van der Waals surface area contributed by atoms with Crippen LogP contribution in [0.1, 0.15) is 42.0 Å². The number of anilines is 1. The van der Waals surface area contributed by atoms with Gasteiger partial charge in [-0.2, -0.15) is 0 Å². The number of aryl methyl sites for hydroxylation is 2. The van der Waals surface area contributed by atoms with Crippen LogP contribution in [0.4, 0.5) is 10.5 Å². The first-order chi connectivity index (χ1) is 13.9. The lowest BCUT2D eigenvalue weighted by atomic mass is 9.99. The zero-order chi connectivity index (χ0) is 20.6. The third-order valence-corrected chi connectivity index (χ3v) is 6.99. The molecule has 2 amide bonds. The molecule has 1 unspecified atom stereocenters. The molecule has 0 radical (unpaired) electrons.